The summed E-state index contributed by atoms with van der Waals surface area (Å²) in [5.41, 5.74) is -5.70. The first-order valence-electron chi connectivity index (χ1n) is 6.22. The van der Waals surface area contributed by atoms with E-state index in [2.05, 4.69) is 20.1 Å². The lowest BCUT2D eigenvalue weighted by atomic mass is 10.3. The quantitative estimate of drug-likeness (QED) is 0.295. The van der Waals surface area contributed by atoms with Crippen LogP contribution in [0.3, 0.4) is 0 Å². The zero-order valence-electron chi connectivity index (χ0n) is 11.9. The van der Waals surface area contributed by atoms with E-state index in [1.807, 2.05) is 0 Å². The number of rotatable bonds is 5. The normalized spacial score (nSPS) is 11.8. The zero-order chi connectivity index (χ0) is 18.8. The molecule has 0 saturated carbocycles. The molecule has 0 bridgehead atoms. The number of hydrogen-bond acceptors (Lipinski definition) is 6. The largest absolute Gasteiger partial charge is 0.534 e. The minimum absolute atomic E-state index is 0.0975. The third kappa shape index (κ3) is 4.60. The molecule has 2 rings (SSSR count). The van der Waals surface area contributed by atoms with E-state index in [-0.39, 0.29) is 21.7 Å². The highest BCUT2D eigenvalue weighted by Crippen LogP contribution is 2.35. The molecular formula is C13H7BrF3NO6S. The monoisotopic (exact) mass is 441 g/mol. The van der Waals surface area contributed by atoms with Gasteiger partial charge in [0.1, 0.15) is 11.5 Å². The third-order valence-corrected chi connectivity index (χ3v) is 4.26. The van der Waals surface area contributed by atoms with Crippen molar-refractivity contribution in [2.75, 3.05) is 0 Å². The van der Waals surface area contributed by atoms with E-state index < -0.39 is 26.3 Å². The van der Waals surface area contributed by atoms with Gasteiger partial charge in [-0.15, -0.1) is 0 Å². The van der Waals surface area contributed by atoms with Gasteiger partial charge in [0, 0.05) is 12.1 Å². The van der Waals surface area contributed by atoms with Gasteiger partial charge in [0.2, 0.25) is 0 Å². The summed E-state index contributed by atoms with van der Waals surface area (Å²) in [5.74, 6) is -0.208. The number of alkyl halides is 3. The van der Waals surface area contributed by atoms with Gasteiger partial charge < -0.3 is 8.92 Å². The standard InChI is InChI=1S/C13H7BrF3NO6S/c14-11-7-10(23-9-3-1-8(2-4-9)18(19)20)5-6-12(11)24-25(21,22)13(15,16)17/h1-7H. The van der Waals surface area contributed by atoms with Gasteiger partial charge in [-0.3, -0.25) is 10.1 Å². The van der Waals surface area contributed by atoms with Crippen LogP contribution in [-0.4, -0.2) is 18.8 Å². The second kappa shape index (κ2) is 6.88. The van der Waals surface area contributed by atoms with Crippen molar-refractivity contribution < 1.29 is 35.4 Å². The number of halogens is 4. The number of nitro groups is 1. The average Bonchev–Trinajstić information content (AvgIpc) is 2.49. The number of hydrogen-bond donors (Lipinski definition) is 0. The van der Waals surface area contributed by atoms with Gasteiger partial charge in [-0.2, -0.15) is 21.6 Å². The molecule has 0 atom stereocenters. The maximum Gasteiger partial charge on any atom is 0.534 e. The Bertz CT molecular complexity index is 899. The lowest BCUT2D eigenvalue weighted by Gasteiger charge is -2.12. The van der Waals surface area contributed by atoms with E-state index in [4.69, 9.17) is 4.74 Å². The Balaban J connectivity index is 2.18. The summed E-state index contributed by atoms with van der Waals surface area (Å²) in [5, 5.41) is 10.6. The van der Waals surface area contributed by atoms with Gasteiger partial charge in [0.15, 0.2) is 5.75 Å². The lowest BCUT2D eigenvalue weighted by molar-refractivity contribution is -0.384. The zero-order valence-corrected chi connectivity index (χ0v) is 14.3. The number of non-ortho nitro benzene ring substituents is 1. The average molecular weight is 442 g/mol. The van der Waals surface area contributed by atoms with Crippen LogP contribution in [0.2, 0.25) is 0 Å². The van der Waals surface area contributed by atoms with Gasteiger partial charge in [-0.05, 0) is 46.3 Å². The van der Waals surface area contributed by atoms with Crippen LogP contribution in [0, 0.1) is 10.1 Å². The predicted octanol–water partition coefficient (Wildman–Crippen LogP) is 4.38. The van der Waals surface area contributed by atoms with Crippen LogP contribution >= 0.6 is 15.9 Å². The molecule has 0 fully saturated rings. The molecule has 2 aromatic rings. The smallest absolute Gasteiger partial charge is 0.457 e. The highest BCUT2D eigenvalue weighted by molar-refractivity contribution is 9.10. The first-order valence-corrected chi connectivity index (χ1v) is 8.42. The first-order chi connectivity index (χ1) is 11.5. The summed E-state index contributed by atoms with van der Waals surface area (Å²) in [4.78, 5) is 9.96. The minimum Gasteiger partial charge on any atom is -0.457 e. The molecule has 0 spiro atoms. The van der Waals surface area contributed by atoms with E-state index in [0.717, 1.165) is 6.07 Å². The molecule has 0 aliphatic rings. The Morgan fingerprint density at radius 1 is 1.04 bits per heavy atom. The molecule has 0 aromatic heterocycles. The second-order valence-corrected chi connectivity index (χ2v) is 6.82. The molecule has 0 radical (unpaired) electrons. The fourth-order valence-corrected chi connectivity index (χ4v) is 2.57. The third-order valence-electron chi connectivity index (χ3n) is 2.67. The number of benzene rings is 2. The Hall–Kier alpha value is -2.34. The van der Waals surface area contributed by atoms with Crippen molar-refractivity contribution >= 4 is 31.7 Å². The number of ether oxygens (including phenoxy) is 1. The van der Waals surface area contributed by atoms with Crippen molar-refractivity contribution in [2.24, 2.45) is 0 Å². The Morgan fingerprint density at radius 2 is 1.60 bits per heavy atom. The van der Waals surface area contributed by atoms with Gasteiger partial charge in [-0.25, -0.2) is 0 Å². The molecule has 25 heavy (non-hydrogen) atoms. The Morgan fingerprint density at radius 3 is 2.08 bits per heavy atom. The van der Waals surface area contributed by atoms with Crippen LogP contribution in [0.25, 0.3) is 0 Å². The molecule has 0 aliphatic carbocycles. The van der Waals surface area contributed by atoms with E-state index in [9.17, 15) is 31.7 Å². The maximum absolute atomic E-state index is 12.3. The van der Waals surface area contributed by atoms with Crippen molar-refractivity contribution in [2.45, 2.75) is 5.51 Å². The van der Waals surface area contributed by atoms with Gasteiger partial charge >= 0.3 is 15.6 Å². The van der Waals surface area contributed by atoms with E-state index in [0.29, 0.717) is 0 Å². The van der Waals surface area contributed by atoms with E-state index in [1.54, 1.807) is 0 Å². The Labute approximate surface area is 147 Å². The molecule has 0 unspecified atom stereocenters. The van der Waals surface area contributed by atoms with Crippen molar-refractivity contribution in [1.82, 2.24) is 0 Å². The van der Waals surface area contributed by atoms with Crippen LogP contribution in [0.15, 0.2) is 46.9 Å². The fourth-order valence-electron chi connectivity index (χ4n) is 1.55. The lowest BCUT2D eigenvalue weighted by Crippen LogP contribution is -2.28. The molecule has 0 N–H and O–H groups in total. The van der Waals surface area contributed by atoms with Gasteiger partial charge in [-0.1, -0.05) is 0 Å². The van der Waals surface area contributed by atoms with Crippen LogP contribution in [-0.2, 0) is 10.1 Å². The van der Waals surface area contributed by atoms with Crippen molar-refractivity contribution in [3.63, 3.8) is 0 Å². The molecule has 0 heterocycles. The highest BCUT2D eigenvalue weighted by Gasteiger charge is 2.48. The fraction of sp³-hybridized carbons (Fsp3) is 0.0769. The first kappa shape index (κ1) is 19.0. The predicted molar refractivity (Wildman–Crippen MR) is 82.9 cm³/mol. The van der Waals surface area contributed by atoms with Gasteiger partial charge in [0.05, 0.1) is 9.40 Å². The molecule has 0 amide bonds. The van der Waals surface area contributed by atoms with E-state index in [1.165, 1.54) is 36.4 Å². The van der Waals surface area contributed by atoms with Crippen LogP contribution in [0.4, 0.5) is 18.9 Å². The summed E-state index contributed by atoms with van der Waals surface area (Å²) in [6.07, 6.45) is 0. The summed E-state index contributed by atoms with van der Waals surface area (Å²) >= 11 is 2.88. The molecule has 12 heteroatoms. The topological polar surface area (TPSA) is 95.7 Å². The summed E-state index contributed by atoms with van der Waals surface area (Å²) in [7, 11) is -5.79. The van der Waals surface area contributed by atoms with Crippen molar-refractivity contribution in [1.29, 1.82) is 0 Å². The maximum atomic E-state index is 12.3. The summed E-state index contributed by atoms with van der Waals surface area (Å²) in [6.45, 7) is 0. The summed E-state index contributed by atoms with van der Waals surface area (Å²) < 4.78 is 68.2. The SMILES string of the molecule is O=[N+]([O-])c1ccc(Oc2ccc(OS(=O)(=O)C(F)(F)F)c(Br)c2)cc1. The molecular weight excluding hydrogens is 435 g/mol. The number of nitro benzene ring substituents is 1. The second-order valence-electron chi connectivity index (χ2n) is 4.43. The minimum atomic E-state index is -5.79. The number of nitrogens with zero attached hydrogens (tertiary/aromatic N) is 1. The van der Waals surface area contributed by atoms with Crippen LogP contribution < -0.4 is 8.92 Å². The summed E-state index contributed by atoms with van der Waals surface area (Å²) in [6, 6.07) is 8.38. The van der Waals surface area contributed by atoms with Crippen LogP contribution in [0.5, 0.6) is 17.2 Å². The molecule has 2 aromatic carbocycles. The van der Waals surface area contributed by atoms with Gasteiger partial charge in [0.25, 0.3) is 5.69 Å². The van der Waals surface area contributed by atoms with Crippen molar-refractivity contribution in [3.05, 3.63) is 57.1 Å². The van der Waals surface area contributed by atoms with E-state index >= 15 is 0 Å². The molecule has 0 saturated heterocycles. The molecule has 7 nitrogen and oxygen atoms in total. The Kier molecular flexibility index (Phi) is 5.23. The molecule has 0 aliphatic heterocycles. The highest BCUT2D eigenvalue weighted by atomic mass is 79.9. The van der Waals surface area contributed by atoms with Crippen molar-refractivity contribution in [3.8, 4) is 17.2 Å². The van der Waals surface area contributed by atoms with Crippen LogP contribution in [0.1, 0.15) is 0 Å². The molecule has 134 valence electrons.